The van der Waals surface area contributed by atoms with Crippen molar-refractivity contribution in [3.8, 4) is 11.3 Å². The predicted octanol–water partition coefficient (Wildman–Crippen LogP) is 2.44. The molecule has 22 heavy (non-hydrogen) atoms. The van der Waals surface area contributed by atoms with Gasteiger partial charge >= 0.3 is 0 Å². The fourth-order valence-electron chi connectivity index (χ4n) is 1.65. The van der Waals surface area contributed by atoms with Crippen LogP contribution in [0, 0.1) is 0 Å². The molecule has 0 saturated heterocycles. The third-order valence-electron chi connectivity index (χ3n) is 2.81. The van der Waals surface area contributed by atoms with E-state index < -0.39 is 5.54 Å². The van der Waals surface area contributed by atoms with E-state index in [-0.39, 0.29) is 11.8 Å². The minimum absolute atomic E-state index is 0.115. The smallest absolute Gasteiger partial charge is 0.245 e. The molecule has 0 spiro atoms. The number of anilines is 2. The fourth-order valence-corrected chi connectivity index (χ4v) is 2.36. The van der Waals surface area contributed by atoms with Crippen LogP contribution in [0.3, 0.4) is 0 Å². The molecule has 0 atom stereocenters. The molecule has 7 heteroatoms. The standard InChI is InChI=1S/C15H18N4O2S/c1-9(20)17-11-6-4-10(5-7-11)12-8-22-14(18-12)19-13(21)15(2,3)16/h4-8H,16H2,1-3H3,(H,17,20)(H,18,19,21). The molecule has 1 heterocycles. The number of rotatable bonds is 4. The van der Waals surface area contributed by atoms with Crippen molar-refractivity contribution in [1.82, 2.24) is 4.98 Å². The first-order valence-electron chi connectivity index (χ1n) is 6.69. The van der Waals surface area contributed by atoms with Crippen molar-refractivity contribution >= 4 is 34.0 Å². The van der Waals surface area contributed by atoms with Gasteiger partial charge in [-0.1, -0.05) is 12.1 Å². The third-order valence-corrected chi connectivity index (χ3v) is 3.57. The quantitative estimate of drug-likeness (QED) is 0.806. The van der Waals surface area contributed by atoms with E-state index in [2.05, 4.69) is 15.6 Å². The van der Waals surface area contributed by atoms with E-state index in [0.29, 0.717) is 5.13 Å². The lowest BCUT2D eigenvalue weighted by Crippen LogP contribution is -2.45. The topological polar surface area (TPSA) is 97.1 Å². The number of hydrogen-bond donors (Lipinski definition) is 3. The average molecular weight is 318 g/mol. The van der Waals surface area contributed by atoms with Crippen molar-refractivity contribution < 1.29 is 9.59 Å². The van der Waals surface area contributed by atoms with Crippen LogP contribution in [0.4, 0.5) is 10.8 Å². The summed E-state index contributed by atoms with van der Waals surface area (Å²) in [5.74, 6) is -0.398. The summed E-state index contributed by atoms with van der Waals surface area (Å²) >= 11 is 1.34. The van der Waals surface area contributed by atoms with E-state index in [1.165, 1.54) is 18.3 Å². The van der Waals surface area contributed by atoms with Crippen LogP contribution in [-0.4, -0.2) is 22.3 Å². The summed E-state index contributed by atoms with van der Waals surface area (Å²) in [6.07, 6.45) is 0. The highest BCUT2D eigenvalue weighted by molar-refractivity contribution is 7.14. The summed E-state index contributed by atoms with van der Waals surface area (Å²) in [5, 5.41) is 7.76. The molecule has 0 aliphatic heterocycles. The Morgan fingerprint density at radius 3 is 2.36 bits per heavy atom. The van der Waals surface area contributed by atoms with Crippen molar-refractivity contribution in [2.75, 3.05) is 10.6 Å². The van der Waals surface area contributed by atoms with Gasteiger partial charge in [0.05, 0.1) is 11.2 Å². The van der Waals surface area contributed by atoms with Crippen LogP contribution in [0.5, 0.6) is 0 Å². The molecule has 2 rings (SSSR count). The molecule has 116 valence electrons. The maximum Gasteiger partial charge on any atom is 0.245 e. The van der Waals surface area contributed by atoms with Gasteiger partial charge in [0.2, 0.25) is 11.8 Å². The number of hydrogen-bond acceptors (Lipinski definition) is 5. The number of benzene rings is 1. The minimum Gasteiger partial charge on any atom is -0.326 e. The first kappa shape index (κ1) is 16.1. The van der Waals surface area contributed by atoms with E-state index in [1.54, 1.807) is 26.0 Å². The number of amides is 2. The van der Waals surface area contributed by atoms with Crippen LogP contribution in [0.2, 0.25) is 0 Å². The Morgan fingerprint density at radius 1 is 1.18 bits per heavy atom. The Kier molecular flexibility index (Phi) is 4.58. The summed E-state index contributed by atoms with van der Waals surface area (Å²) < 4.78 is 0. The molecular formula is C15H18N4O2S. The molecule has 0 aliphatic carbocycles. The maximum absolute atomic E-state index is 11.8. The monoisotopic (exact) mass is 318 g/mol. The molecule has 1 aromatic carbocycles. The fraction of sp³-hybridized carbons (Fsp3) is 0.267. The van der Waals surface area contributed by atoms with Crippen molar-refractivity contribution in [3.63, 3.8) is 0 Å². The Morgan fingerprint density at radius 2 is 1.82 bits per heavy atom. The normalized spacial score (nSPS) is 11.1. The molecule has 0 fully saturated rings. The number of nitrogens with one attached hydrogen (secondary N) is 2. The van der Waals surface area contributed by atoms with Gasteiger partial charge in [-0.2, -0.15) is 0 Å². The van der Waals surface area contributed by atoms with Crippen LogP contribution in [0.25, 0.3) is 11.3 Å². The molecule has 0 bridgehead atoms. The Labute approximate surface area is 132 Å². The highest BCUT2D eigenvalue weighted by Gasteiger charge is 2.22. The largest absolute Gasteiger partial charge is 0.326 e. The summed E-state index contributed by atoms with van der Waals surface area (Å²) in [6, 6.07) is 7.33. The van der Waals surface area contributed by atoms with Crippen molar-refractivity contribution in [2.24, 2.45) is 5.73 Å². The lowest BCUT2D eigenvalue weighted by molar-refractivity contribution is -0.120. The third kappa shape index (κ3) is 4.12. The highest BCUT2D eigenvalue weighted by Crippen LogP contribution is 2.26. The molecule has 0 aliphatic rings. The number of carbonyl (C=O) groups is 2. The average Bonchev–Trinajstić information content (AvgIpc) is 2.86. The van der Waals surface area contributed by atoms with Gasteiger partial charge < -0.3 is 16.4 Å². The van der Waals surface area contributed by atoms with Crippen molar-refractivity contribution in [1.29, 1.82) is 0 Å². The molecule has 0 saturated carbocycles. The lowest BCUT2D eigenvalue weighted by Gasteiger charge is -2.16. The molecule has 0 unspecified atom stereocenters. The zero-order valence-electron chi connectivity index (χ0n) is 12.6. The Balaban J connectivity index is 2.11. The van der Waals surface area contributed by atoms with Gasteiger partial charge in [-0.25, -0.2) is 4.98 Å². The molecule has 1 aromatic heterocycles. The number of nitrogens with two attached hydrogens (primary N) is 1. The van der Waals surface area contributed by atoms with Gasteiger partial charge in [0.25, 0.3) is 0 Å². The van der Waals surface area contributed by atoms with Gasteiger partial charge in [0, 0.05) is 23.6 Å². The van der Waals surface area contributed by atoms with Gasteiger partial charge in [-0.15, -0.1) is 11.3 Å². The van der Waals surface area contributed by atoms with Crippen LogP contribution in [0.1, 0.15) is 20.8 Å². The van der Waals surface area contributed by atoms with E-state index in [0.717, 1.165) is 16.9 Å². The summed E-state index contributed by atoms with van der Waals surface area (Å²) in [7, 11) is 0. The summed E-state index contributed by atoms with van der Waals surface area (Å²) in [4.78, 5) is 27.2. The second-order valence-electron chi connectivity index (χ2n) is 5.47. The van der Waals surface area contributed by atoms with Crippen LogP contribution >= 0.6 is 11.3 Å². The van der Waals surface area contributed by atoms with Gasteiger partial charge in [-0.05, 0) is 26.0 Å². The second kappa shape index (κ2) is 6.25. The number of nitrogens with zero attached hydrogens (tertiary/aromatic N) is 1. The number of thiazole rings is 1. The lowest BCUT2D eigenvalue weighted by atomic mass is 10.1. The Hall–Kier alpha value is -2.25. The van der Waals surface area contributed by atoms with Crippen molar-refractivity contribution in [2.45, 2.75) is 26.3 Å². The molecular weight excluding hydrogens is 300 g/mol. The predicted molar refractivity (Wildman–Crippen MR) is 88.7 cm³/mol. The molecule has 6 nitrogen and oxygen atoms in total. The zero-order chi connectivity index (χ0) is 16.3. The first-order valence-corrected chi connectivity index (χ1v) is 7.57. The van der Waals surface area contributed by atoms with Crippen LogP contribution in [-0.2, 0) is 9.59 Å². The molecule has 4 N–H and O–H groups in total. The number of carbonyl (C=O) groups excluding carboxylic acids is 2. The van der Waals surface area contributed by atoms with Gasteiger partial charge in [0.15, 0.2) is 5.13 Å². The van der Waals surface area contributed by atoms with Gasteiger partial charge in [0.1, 0.15) is 0 Å². The van der Waals surface area contributed by atoms with Gasteiger partial charge in [-0.3, -0.25) is 9.59 Å². The second-order valence-corrected chi connectivity index (χ2v) is 6.33. The van der Waals surface area contributed by atoms with E-state index >= 15 is 0 Å². The van der Waals surface area contributed by atoms with E-state index in [4.69, 9.17) is 5.73 Å². The molecule has 2 aromatic rings. The minimum atomic E-state index is -0.953. The number of aromatic nitrogens is 1. The molecule has 0 radical (unpaired) electrons. The summed E-state index contributed by atoms with van der Waals surface area (Å²) in [6.45, 7) is 4.73. The van der Waals surface area contributed by atoms with Crippen LogP contribution in [0.15, 0.2) is 29.6 Å². The van der Waals surface area contributed by atoms with E-state index in [9.17, 15) is 9.59 Å². The maximum atomic E-state index is 11.8. The van der Waals surface area contributed by atoms with Crippen LogP contribution < -0.4 is 16.4 Å². The summed E-state index contributed by atoms with van der Waals surface area (Å²) in [5.41, 5.74) is 7.16. The molecule has 2 amide bonds. The first-order chi connectivity index (χ1) is 10.3. The van der Waals surface area contributed by atoms with E-state index in [1.807, 2.05) is 17.5 Å². The SMILES string of the molecule is CC(=O)Nc1ccc(-c2csc(NC(=O)C(C)(C)N)n2)cc1. The van der Waals surface area contributed by atoms with Crippen molar-refractivity contribution in [3.05, 3.63) is 29.6 Å². The highest BCUT2D eigenvalue weighted by atomic mass is 32.1. The Bertz CT molecular complexity index is 686. The zero-order valence-corrected chi connectivity index (χ0v) is 13.5.